The Hall–Kier alpha value is -0.980. The topological polar surface area (TPSA) is 3.24 Å². The first kappa shape index (κ1) is 11.5. The molecule has 1 heterocycles. The summed E-state index contributed by atoms with van der Waals surface area (Å²) in [6.45, 7) is 9.37. The van der Waals surface area contributed by atoms with Crippen LogP contribution in [0.4, 0.5) is 5.69 Å². The number of benzene rings is 1. The van der Waals surface area contributed by atoms with Gasteiger partial charge in [-0.1, -0.05) is 32.9 Å². The molecule has 0 atom stereocenters. The third-order valence-electron chi connectivity index (χ3n) is 3.58. The third-order valence-corrected chi connectivity index (χ3v) is 3.58. The zero-order valence-electron chi connectivity index (χ0n) is 10.8. The van der Waals surface area contributed by atoms with Gasteiger partial charge in [-0.3, -0.25) is 0 Å². The van der Waals surface area contributed by atoms with E-state index in [1.807, 2.05) is 0 Å². The molecule has 1 heteroatoms. The minimum Gasteiger partial charge on any atom is -0.371 e. The highest BCUT2D eigenvalue weighted by Gasteiger charge is 2.18. The van der Waals surface area contributed by atoms with E-state index in [1.54, 1.807) is 5.56 Å². The van der Waals surface area contributed by atoms with Crippen molar-refractivity contribution in [1.29, 1.82) is 0 Å². The van der Waals surface area contributed by atoms with Crippen molar-refractivity contribution in [3.8, 4) is 0 Å². The van der Waals surface area contributed by atoms with Crippen LogP contribution in [-0.2, 0) is 6.42 Å². The van der Waals surface area contributed by atoms with Crippen LogP contribution in [0.5, 0.6) is 0 Å². The fraction of sp³-hybridized carbons (Fsp3) is 0.600. The van der Waals surface area contributed by atoms with Gasteiger partial charge in [0.15, 0.2) is 0 Å². The van der Waals surface area contributed by atoms with Crippen molar-refractivity contribution in [3.63, 3.8) is 0 Å². The van der Waals surface area contributed by atoms with Gasteiger partial charge in [0.2, 0.25) is 0 Å². The highest BCUT2D eigenvalue weighted by atomic mass is 15.1. The van der Waals surface area contributed by atoms with Crippen molar-refractivity contribution in [2.45, 2.75) is 46.0 Å². The van der Waals surface area contributed by atoms with Gasteiger partial charge in [-0.2, -0.15) is 0 Å². The van der Waals surface area contributed by atoms with Gasteiger partial charge in [0, 0.05) is 18.8 Å². The summed E-state index contributed by atoms with van der Waals surface area (Å²) in [5.41, 5.74) is 4.60. The largest absolute Gasteiger partial charge is 0.371 e. The minimum absolute atomic E-state index is 0.631. The lowest BCUT2D eigenvalue weighted by Gasteiger charge is -2.25. The maximum Gasteiger partial charge on any atom is 0.0404 e. The van der Waals surface area contributed by atoms with Crippen molar-refractivity contribution in [3.05, 3.63) is 29.3 Å². The molecule has 0 spiro atoms. The highest BCUT2D eigenvalue weighted by molar-refractivity contribution is 5.58. The summed E-state index contributed by atoms with van der Waals surface area (Å²) in [5, 5.41) is 0. The summed E-state index contributed by atoms with van der Waals surface area (Å²) in [7, 11) is 0. The van der Waals surface area contributed by atoms with Crippen LogP contribution in [0.2, 0.25) is 0 Å². The quantitative estimate of drug-likeness (QED) is 0.740. The molecule has 1 aliphatic rings. The molecule has 88 valence electrons. The van der Waals surface area contributed by atoms with Crippen LogP contribution in [-0.4, -0.2) is 13.1 Å². The molecule has 0 saturated carbocycles. The molecule has 1 aromatic rings. The second-order valence-corrected chi connectivity index (χ2v) is 5.05. The van der Waals surface area contributed by atoms with E-state index in [1.165, 1.54) is 37.2 Å². The number of rotatable bonds is 3. The van der Waals surface area contributed by atoms with Crippen LogP contribution in [0.15, 0.2) is 18.2 Å². The Bertz CT molecular complexity index is 348. The summed E-state index contributed by atoms with van der Waals surface area (Å²) >= 11 is 0. The van der Waals surface area contributed by atoms with Crippen molar-refractivity contribution < 1.29 is 0 Å². The Kier molecular flexibility index (Phi) is 3.52. The Morgan fingerprint density at radius 3 is 2.44 bits per heavy atom. The molecule has 0 aliphatic carbocycles. The van der Waals surface area contributed by atoms with Crippen molar-refractivity contribution >= 4 is 5.69 Å². The molecule has 0 bridgehead atoms. The highest BCUT2D eigenvalue weighted by Crippen LogP contribution is 2.32. The lowest BCUT2D eigenvalue weighted by molar-refractivity contribution is 0.826. The molecule has 0 unspecified atom stereocenters. The molecule has 2 rings (SSSR count). The van der Waals surface area contributed by atoms with E-state index in [0.717, 1.165) is 6.42 Å². The molecule has 1 aromatic carbocycles. The molecule has 1 saturated heterocycles. The average Bonchev–Trinajstić information content (AvgIpc) is 2.81. The number of hydrogen-bond donors (Lipinski definition) is 0. The minimum atomic E-state index is 0.631. The zero-order valence-corrected chi connectivity index (χ0v) is 10.8. The average molecular weight is 217 g/mol. The fourth-order valence-corrected chi connectivity index (χ4v) is 2.81. The molecular formula is C15H23N. The first-order valence-electron chi connectivity index (χ1n) is 6.60. The normalized spacial score (nSPS) is 16.1. The van der Waals surface area contributed by atoms with E-state index in [-0.39, 0.29) is 0 Å². The summed E-state index contributed by atoms with van der Waals surface area (Å²) in [6, 6.07) is 6.81. The monoisotopic (exact) mass is 217 g/mol. The van der Waals surface area contributed by atoms with Gasteiger partial charge in [-0.25, -0.2) is 0 Å². The molecular weight excluding hydrogens is 194 g/mol. The third kappa shape index (κ3) is 2.09. The van der Waals surface area contributed by atoms with E-state index in [9.17, 15) is 0 Å². The maximum atomic E-state index is 2.56. The first-order chi connectivity index (χ1) is 7.74. The van der Waals surface area contributed by atoms with Gasteiger partial charge in [0.05, 0.1) is 0 Å². The summed E-state index contributed by atoms with van der Waals surface area (Å²) in [5.74, 6) is 0.631. The number of anilines is 1. The van der Waals surface area contributed by atoms with Gasteiger partial charge < -0.3 is 4.90 Å². The SMILES string of the molecule is CCc1cccc(N2CCCC2)c1C(C)C. The van der Waals surface area contributed by atoms with Crippen LogP contribution in [0.3, 0.4) is 0 Å². The van der Waals surface area contributed by atoms with Crippen LogP contribution >= 0.6 is 0 Å². The Labute approximate surface area is 99.5 Å². The predicted octanol–water partition coefficient (Wildman–Crippen LogP) is 3.97. The molecule has 0 radical (unpaired) electrons. The van der Waals surface area contributed by atoms with Gasteiger partial charge in [-0.15, -0.1) is 0 Å². The van der Waals surface area contributed by atoms with Gasteiger partial charge >= 0.3 is 0 Å². The molecule has 0 amide bonds. The van der Waals surface area contributed by atoms with E-state index >= 15 is 0 Å². The summed E-state index contributed by atoms with van der Waals surface area (Å²) < 4.78 is 0. The van der Waals surface area contributed by atoms with Crippen LogP contribution in [0, 0.1) is 0 Å². The number of nitrogens with zero attached hydrogens (tertiary/aromatic N) is 1. The second kappa shape index (κ2) is 4.90. The molecule has 1 fully saturated rings. The molecule has 1 aliphatic heterocycles. The molecule has 16 heavy (non-hydrogen) atoms. The number of hydrogen-bond acceptors (Lipinski definition) is 1. The van der Waals surface area contributed by atoms with E-state index in [2.05, 4.69) is 43.9 Å². The Balaban J connectivity index is 2.42. The van der Waals surface area contributed by atoms with Crippen molar-refractivity contribution in [1.82, 2.24) is 0 Å². The van der Waals surface area contributed by atoms with Crippen LogP contribution in [0.25, 0.3) is 0 Å². The Morgan fingerprint density at radius 1 is 1.19 bits per heavy atom. The van der Waals surface area contributed by atoms with Crippen LogP contribution in [0.1, 0.15) is 50.7 Å². The van der Waals surface area contributed by atoms with Crippen LogP contribution < -0.4 is 4.90 Å². The maximum absolute atomic E-state index is 2.56. The van der Waals surface area contributed by atoms with Gasteiger partial charge in [-0.05, 0) is 42.4 Å². The van der Waals surface area contributed by atoms with Crippen molar-refractivity contribution in [2.75, 3.05) is 18.0 Å². The summed E-state index contributed by atoms with van der Waals surface area (Å²) in [4.78, 5) is 2.56. The first-order valence-corrected chi connectivity index (χ1v) is 6.60. The van der Waals surface area contributed by atoms with E-state index < -0.39 is 0 Å². The second-order valence-electron chi connectivity index (χ2n) is 5.05. The van der Waals surface area contributed by atoms with Gasteiger partial charge in [0.1, 0.15) is 0 Å². The standard InChI is InChI=1S/C15H23N/c1-4-13-8-7-9-14(15(13)12(2)3)16-10-5-6-11-16/h7-9,12H,4-6,10-11H2,1-3H3. The van der Waals surface area contributed by atoms with E-state index in [0.29, 0.717) is 5.92 Å². The Morgan fingerprint density at radius 2 is 1.88 bits per heavy atom. The number of aryl methyl sites for hydroxylation is 1. The molecule has 0 aromatic heterocycles. The van der Waals surface area contributed by atoms with Crippen molar-refractivity contribution in [2.24, 2.45) is 0 Å². The lowest BCUT2D eigenvalue weighted by atomic mass is 9.93. The lowest BCUT2D eigenvalue weighted by Crippen LogP contribution is -2.20. The zero-order chi connectivity index (χ0) is 11.5. The van der Waals surface area contributed by atoms with E-state index in [4.69, 9.17) is 0 Å². The fourth-order valence-electron chi connectivity index (χ4n) is 2.81. The molecule has 1 nitrogen and oxygen atoms in total. The molecule has 0 N–H and O–H groups in total. The van der Waals surface area contributed by atoms with Gasteiger partial charge in [0.25, 0.3) is 0 Å². The predicted molar refractivity (Wildman–Crippen MR) is 71.4 cm³/mol. The smallest absolute Gasteiger partial charge is 0.0404 e. The summed E-state index contributed by atoms with van der Waals surface area (Å²) in [6.07, 6.45) is 3.86.